The van der Waals surface area contributed by atoms with Gasteiger partial charge in [-0.3, -0.25) is 4.79 Å². The van der Waals surface area contributed by atoms with Crippen molar-refractivity contribution in [2.45, 2.75) is 63.8 Å². The van der Waals surface area contributed by atoms with Crippen molar-refractivity contribution in [1.82, 2.24) is 4.58 Å². The second kappa shape index (κ2) is 11.2. The number of fused-ring (bicyclic) bond motifs is 4. The Kier molecular flexibility index (Phi) is 8.11. The number of anilines is 1. The van der Waals surface area contributed by atoms with Crippen LogP contribution in [0.15, 0.2) is 29.3 Å². The molecule has 2 aromatic carbocycles. The highest BCUT2D eigenvalue weighted by molar-refractivity contribution is 7.85. The molecule has 3 aliphatic heterocycles. The Morgan fingerprint density at radius 3 is 2.57 bits per heavy atom. The summed E-state index contributed by atoms with van der Waals surface area (Å²) in [4.78, 5) is 18.1. The Morgan fingerprint density at radius 1 is 1.12 bits per heavy atom. The van der Waals surface area contributed by atoms with E-state index in [0.29, 0.717) is 59.7 Å². The van der Waals surface area contributed by atoms with Gasteiger partial charge in [-0.15, -0.1) is 0 Å². The van der Waals surface area contributed by atoms with Gasteiger partial charge in [0, 0.05) is 66.1 Å². The summed E-state index contributed by atoms with van der Waals surface area (Å²) in [5, 5.41) is 10.7. The lowest BCUT2D eigenvalue weighted by atomic mass is 9.79. The van der Waals surface area contributed by atoms with Crippen LogP contribution in [0.3, 0.4) is 0 Å². The highest BCUT2D eigenvalue weighted by Crippen LogP contribution is 2.49. The van der Waals surface area contributed by atoms with Crippen molar-refractivity contribution in [2.24, 2.45) is 4.99 Å². The van der Waals surface area contributed by atoms with Crippen molar-refractivity contribution in [3.05, 3.63) is 46.1 Å². The Labute approximate surface area is 244 Å². The van der Waals surface area contributed by atoms with Gasteiger partial charge in [0.15, 0.2) is 11.5 Å². The third-order valence-corrected chi connectivity index (χ3v) is 9.75. The number of rotatable bonds is 10. The van der Waals surface area contributed by atoms with Crippen LogP contribution in [0.5, 0.6) is 11.5 Å². The van der Waals surface area contributed by atoms with Crippen molar-refractivity contribution in [2.75, 3.05) is 36.0 Å². The first-order valence-electron chi connectivity index (χ1n) is 14.0. The van der Waals surface area contributed by atoms with Crippen molar-refractivity contribution in [3.8, 4) is 11.5 Å². The molecule has 0 spiro atoms. The second-order valence-corrected chi connectivity index (χ2v) is 14.8. The molecule has 3 heterocycles. The van der Waals surface area contributed by atoms with Crippen LogP contribution < -0.4 is 24.9 Å². The molecule has 0 radical (unpaired) electrons. The van der Waals surface area contributed by atoms with E-state index in [4.69, 9.17) is 9.73 Å². The lowest BCUT2D eigenvalue weighted by Crippen LogP contribution is -2.50. The lowest BCUT2D eigenvalue weighted by Gasteiger charge is -2.48. The van der Waals surface area contributed by atoms with E-state index in [1.54, 1.807) is 12.1 Å². The Balaban J connectivity index is 1.57. The highest BCUT2D eigenvalue weighted by atomic mass is 32.2. The van der Waals surface area contributed by atoms with Gasteiger partial charge in [0.05, 0.1) is 26.3 Å². The third kappa shape index (κ3) is 6.77. The molecule has 0 aromatic heterocycles. The number of hydrogen-bond donors (Lipinski definition) is 1. The predicted molar refractivity (Wildman–Crippen MR) is 152 cm³/mol. The fourth-order valence-corrected chi connectivity index (χ4v) is 7.69. The van der Waals surface area contributed by atoms with Gasteiger partial charge in [0.1, 0.15) is 24.1 Å². The van der Waals surface area contributed by atoms with Crippen molar-refractivity contribution >= 4 is 37.6 Å². The SMILES string of the molecule is CC1(C)CC(CS(=O)(=O)[O-])c2cc3c(cc2N1CCCC(=O)O)Oc1cc2c(cc1=N3)CCC[N+]=2CCCS(=O)(=O)[O-]. The zero-order valence-electron chi connectivity index (χ0n) is 23.5. The van der Waals surface area contributed by atoms with E-state index in [9.17, 15) is 35.8 Å². The van der Waals surface area contributed by atoms with Gasteiger partial charge in [-0.2, -0.15) is 0 Å². The maximum Gasteiger partial charge on any atom is 0.303 e. The summed E-state index contributed by atoms with van der Waals surface area (Å²) in [5.41, 5.74) is 2.32. The van der Waals surface area contributed by atoms with Gasteiger partial charge >= 0.3 is 5.97 Å². The van der Waals surface area contributed by atoms with Gasteiger partial charge in [-0.1, -0.05) is 0 Å². The van der Waals surface area contributed by atoms with Gasteiger partial charge in [-0.05, 0) is 50.8 Å². The fraction of sp³-hybridized carbons (Fsp3) is 0.536. The molecule has 0 saturated heterocycles. The number of carboxylic acid groups (broad SMARTS) is 1. The molecule has 228 valence electrons. The number of nitrogens with zero attached hydrogens (tertiary/aromatic N) is 3. The minimum absolute atomic E-state index is 0.0210. The predicted octanol–water partition coefficient (Wildman–Crippen LogP) is 1.60. The normalized spacial score (nSPS) is 19.1. The number of carboxylic acids is 1. The van der Waals surface area contributed by atoms with Crippen LogP contribution in [-0.2, 0) is 31.5 Å². The van der Waals surface area contributed by atoms with Crippen LogP contribution in [0.25, 0.3) is 0 Å². The highest BCUT2D eigenvalue weighted by Gasteiger charge is 2.39. The fourth-order valence-electron chi connectivity index (χ4n) is 6.42. The molecular formula is C28H34N3O9S2-. The molecule has 5 rings (SSSR count). The number of benzene rings is 2. The third-order valence-electron chi connectivity index (χ3n) is 8.15. The maximum atomic E-state index is 11.8. The van der Waals surface area contributed by atoms with Crippen molar-refractivity contribution < 1.29 is 40.6 Å². The summed E-state index contributed by atoms with van der Waals surface area (Å²) < 4.78 is 77.2. The van der Waals surface area contributed by atoms with Crippen LogP contribution in [0.1, 0.15) is 63.0 Å². The summed E-state index contributed by atoms with van der Waals surface area (Å²) in [6.45, 7) is 5.44. The summed E-state index contributed by atoms with van der Waals surface area (Å²) in [6.07, 6.45) is 2.63. The van der Waals surface area contributed by atoms with Gasteiger partial charge < -0.3 is 23.8 Å². The van der Waals surface area contributed by atoms with Crippen LogP contribution in [0.2, 0.25) is 0 Å². The monoisotopic (exact) mass is 620 g/mol. The second-order valence-electron chi connectivity index (χ2n) is 11.8. The molecule has 0 amide bonds. The maximum absolute atomic E-state index is 11.8. The van der Waals surface area contributed by atoms with E-state index in [1.807, 2.05) is 26.0 Å². The molecule has 2 aromatic rings. The lowest BCUT2D eigenvalue weighted by molar-refractivity contribution is -0.137. The minimum Gasteiger partial charge on any atom is -0.748 e. The first-order valence-corrected chi connectivity index (χ1v) is 17.1. The number of hydrogen-bond acceptors (Lipinski definition) is 10. The van der Waals surface area contributed by atoms with Crippen molar-refractivity contribution in [3.63, 3.8) is 0 Å². The standard InChI is InChI=1S/C28H35N3O9S2/c1-28(2)16-19(17-42(37,38)39)20-13-22-26(15-24(20)31(28)10-4-7-27(32)33)40-25-14-23-18(12-21(25)29-22)6-3-8-30(23)9-5-11-41(34,35)36/h12-15,19H,3-11,16-17H2,1-2H3,(H2-,32,33,34,35,36,37,38,39)/p-1. The van der Waals surface area contributed by atoms with E-state index in [-0.39, 0.29) is 12.8 Å². The van der Waals surface area contributed by atoms with Crippen LogP contribution >= 0.6 is 0 Å². The average molecular weight is 621 g/mol. The molecule has 0 aliphatic carbocycles. The molecule has 0 fully saturated rings. The number of carbonyl (C=O) groups is 1. The van der Waals surface area contributed by atoms with Crippen LogP contribution in [0.4, 0.5) is 11.4 Å². The molecule has 1 N–H and O–H groups in total. The number of aliphatic carboxylic acids is 1. The molecule has 1 atom stereocenters. The van der Waals surface area contributed by atoms with Gasteiger partial charge in [-0.25, -0.2) is 26.4 Å². The quantitative estimate of drug-likeness (QED) is 0.258. The Bertz CT molecular complexity index is 1770. The Hall–Kier alpha value is -3.07. The van der Waals surface area contributed by atoms with E-state index in [0.717, 1.165) is 30.3 Å². The van der Waals surface area contributed by atoms with E-state index in [2.05, 4.69) is 9.48 Å². The molecule has 3 aliphatic rings. The Morgan fingerprint density at radius 2 is 1.88 bits per heavy atom. The van der Waals surface area contributed by atoms with E-state index < -0.39 is 49.2 Å². The average Bonchev–Trinajstić information content (AvgIpc) is 2.85. The summed E-state index contributed by atoms with van der Waals surface area (Å²) in [7, 11) is -8.82. The number of aryl methyl sites for hydroxylation is 1. The molecule has 0 saturated carbocycles. The number of ether oxygens (including phenoxy) is 1. The smallest absolute Gasteiger partial charge is 0.303 e. The summed E-state index contributed by atoms with van der Waals surface area (Å²) in [6, 6.07) is 7.38. The molecule has 12 nitrogen and oxygen atoms in total. The van der Waals surface area contributed by atoms with E-state index in [1.165, 1.54) is 0 Å². The summed E-state index contributed by atoms with van der Waals surface area (Å²) in [5.74, 6) is -1.50. The molecule has 42 heavy (non-hydrogen) atoms. The zero-order chi connectivity index (χ0) is 30.4. The zero-order valence-corrected chi connectivity index (χ0v) is 25.2. The summed E-state index contributed by atoms with van der Waals surface area (Å²) >= 11 is 0. The van der Waals surface area contributed by atoms with Crippen LogP contribution in [-0.4, -0.2) is 73.7 Å². The van der Waals surface area contributed by atoms with Gasteiger partial charge in [0.25, 0.3) is 0 Å². The minimum atomic E-state index is -4.53. The topological polar surface area (TPSA) is 180 Å². The molecular weight excluding hydrogens is 586 g/mol. The van der Waals surface area contributed by atoms with Gasteiger partial charge in [0.2, 0.25) is 5.36 Å². The first kappa shape index (κ1) is 30.4. The molecule has 14 heteroatoms. The van der Waals surface area contributed by atoms with E-state index >= 15 is 0 Å². The molecule has 0 bridgehead atoms. The van der Waals surface area contributed by atoms with Crippen LogP contribution in [0, 0.1) is 0 Å². The largest absolute Gasteiger partial charge is 0.748 e. The van der Waals surface area contributed by atoms with Crippen molar-refractivity contribution in [1.29, 1.82) is 0 Å². The molecule has 1 unspecified atom stereocenters. The first-order chi connectivity index (χ1) is 19.6.